The molecule has 1 aromatic carbocycles. The largest absolute Gasteiger partial charge is 0.497 e. The van der Waals surface area contributed by atoms with E-state index in [1.807, 2.05) is 4.90 Å². The van der Waals surface area contributed by atoms with Gasteiger partial charge in [0.15, 0.2) is 6.61 Å². The van der Waals surface area contributed by atoms with Gasteiger partial charge in [-0.3, -0.25) is 29.5 Å². The lowest BCUT2D eigenvalue weighted by Crippen LogP contribution is -2.47. The molecule has 0 spiro atoms. The maximum atomic E-state index is 13.0. The maximum absolute atomic E-state index is 13.0. The Kier molecular flexibility index (Phi) is 7.21. The summed E-state index contributed by atoms with van der Waals surface area (Å²) in [7, 11) is 1.52. The van der Waals surface area contributed by atoms with Crippen LogP contribution in [0.5, 0.6) is 11.5 Å². The molecule has 0 saturated carbocycles. The number of piperazine rings is 1. The molecule has 0 unspecified atom stereocenters. The lowest BCUT2D eigenvalue weighted by molar-refractivity contribution is -0.384. The van der Waals surface area contributed by atoms with Gasteiger partial charge >= 0.3 is 5.69 Å². The normalized spacial score (nSPS) is 16.6. The molecular weight excluding hydrogens is 442 g/mol. The minimum absolute atomic E-state index is 0.0194. The van der Waals surface area contributed by atoms with E-state index in [-0.39, 0.29) is 24.1 Å². The lowest BCUT2D eigenvalue weighted by atomic mass is 10.1. The fraction of sp³-hybridized carbons (Fsp3) is 0.435. The van der Waals surface area contributed by atoms with Crippen LogP contribution in [0.2, 0.25) is 0 Å². The number of benzene rings is 1. The standard InChI is InChI=1S/C23H27N5O6/c1-33-17-6-7-20-18(15-17)23(30)27(21(29)16-34-20)10-3-2-9-25-11-13-26(14-12-25)22-19(28(31)32)5-4-8-24-22/h4-8,15H,2-3,9-14,16H2,1H3. The molecule has 1 saturated heterocycles. The highest BCUT2D eigenvalue weighted by atomic mass is 16.6. The number of methoxy groups -OCH3 is 1. The van der Waals surface area contributed by atoms with Crippen LogP contribution in [0.1, 0.15) is 23.2 Å². The second kappa shape index (κ2) is 10.5. The molecule has 2 aliphatic heterocycles. The van der Waals surface area contributed by atoms with Crippen LogP contribution in [0.25, 0.3) is 0 Å². The average molecular weight is 469 g/mol. The molecule has 3 heterocycles. The average Bonchev–Trinajstić information content (AvgIpc) is 2.98. The highest BCUT2D eigenvalue weighted by Crippen LogP contribution is 2.28. The molecule has 0 radical (unpaired) electrons. The Labute approximate surface area is 197 Å². The summed E-state index contributed by atoms with van der Waals surface area (Å²) in [5.41, 5.74) is 0.343. The fourth-order valence-electron chi connectivity index (χ4n) is 4.19. The van der Waals surface area contributed by atoms with Crippen LogP contribution in [0.3, 0.4) is 0 Å². The Morgan fingerprint density at radius 1 is 1.12 bits per heavy atom. The number of anilines is 1. The van der Waals surface area contributed by atoms with Crippen molar-refractivity contribution in [3.8, 4) is 11.5 Å². The second-order valence-electron chi connectivity index (χ2n) is 8.14. The van der Waals surface area contributed by atoms with Gasteiger partial charge in [-0.15, -0.1) is 0 Å². The van der Waals surface area contributed by atoms with E-state index in [4.69, 9.17) is 9.47 Å². The molecule has 180 valence electrons. The maximum Gasteiger partial charge on any atom is 0.311 e. The molecule has 11 heteroatoms. The SMILES string of the molecule is COc1ccc2c(c1)C(=O)N(CCCCN1CCN(c3ncccc3[N+](=O)[O-])CC1)C(=O)CO2. The van der Waals surface area contributed by atoms with E-state index in [0.29, 0.717) is 48.9 Å². The molecule has 2 amide bonds. The number of hydrogen-bond acceptors (Lipinski definition) is 9. The highest BCUT2D eigenvalue weighted by Gasteiger charge is 2.30. The number of hydrogen-bond donors (Lipinski definition) is 0. The van der Waals surface area contributed by atoms with E-state index in [1.165, 1.54) is 18.1 Å². The number of carbonyl (C=O) groups excluding carboxylic acids is 2. The van der Waals surface area contributed by atoms with Crippen molar-refractivity contribution < 1.29 is 24.0 Å². The van der Waals surface area contributed by atoms with Gasteiger partial charge in [0.05, 0.1) is 17.6 Å². The number of aromatic nitrogens is 1. The third-order valence-corrected chi connectivity index (χ3v) is 6.06. The van der Waals surface area contributed by atoms with Gasteiger partial charge in [-0.05, 0) is 43.7 Å². The first-order chi connectivity index (χ1) is 16.5. The third-order valence-electron chi connectivity index (χ3n) is 6.06. The predicted octanol–water partition coefficient (Wildman–Crippen LogP) is 1.96. The van der Waals surface area contributed by atoms with Crippen molar-refractivity contribution in [1.82, 2.24) is 14.8 Å². The smallest absolute Gasteiger partial charge is 0.311 e. The summed E-state index contributed by atoms with van der Waals surface area (Å²) < 4.78 is 10.7. The minimum atomic E-state index is -0.403. The Bertz CT molecular complexity index is 1070. The van der Waals surface area contributed by atoms with Gasteiger partial charge in [-0.25, -0.2) is 4.98 Å². The van der Waals surface area contributed by atoms with Gasteiger partial charge in [0, 0.05) is 45.0 Å². The fourth-order valence-corrected chi connectivity index (χ4v) is 4.19. The van der Waals surface area contributed by atoms with E-state index in [9.17, 15) is 19.7 Å². The van der Waals surface area contributed by atoms with Gasteiger partial charge in [0.25, 0.3) is 11.8 Å². The first-order valence-electron chi connectivity index (χ1n) is 11.2. The number of carbonyl (C=O) groups is 2. The predicted molar refractivity (Wildman–Crippen MR) is 123 cm³/mol. The van der Waals surface area contributed by atoms with Crippen molar-refractivity contribution in [2.24, 2.45) is 0 Å². The molecule has 0 N–H and O–H groups in total. The number of imide groups is 1. The molecule has 1 aromatic heterocycles. The molecule has 11 nitrogen and oxygen atoms in total. The Balaban J connectivity index is 1.27. The summed E-state index contributed by atoms with van der Waals surface area (Å²) in [6.45, 7) is 3.78. The van der Waals surface area contributed by atoms with E-state index >= 15 is 0 Å². The number of rotatable bonds is 8. The van der Waals surface area contributed by atoms with Crippen LogP contribution in [0, 0.1) is 10.1 Å². The summed E-state index contributed by atoms with van der Waals surface area (Å²) in [6.07, 6.45) is 3.05. The quantitative estimate of drug-likeness (QED) is 0.247. The molecule has 2 aromatic rings. The van der Waals surface area contributed by atoms with Crippen molar-refractivity contribution in [3.05, 3.63) is 52.2 Å². The van der Waals surface area contributed by atoms with Crippen molar-refractivity contribution in [1.29, 1.82) is 0 Å². The van der Waals surface area contributed by atoms with Crippen molar-refractivity contribution >= 4 is 23.3 Å². The Hall–Kier alpha value is -3.73. The van der Waals surface area contributed by atoms with Crippen LogP contribution < -0.4 is 14.4 Å². The summed E-state index contributed by atoms with van der Waals surface area (Å²) >= 11 is 0. The molecule has 0 aliphatic carbocycles. The molecule has 2 aliphatic rings. The van der Waals surface area contributed by atoms with E-state index in [2.05, 4.69) is 9.88 Å². The monoisotopic (exact) mass is 469 g/mol. The van der Waals surface area contributed by atoms with Gasteiger partial charge in [-0.2, -0.15) is 0 Å². The van der Waals surface area contributed by atoms with Crippen LogP contribution in [-0.4, -0.2) is 84.5 Å². The summed E-state index contributed by atoms with van der Waals surface area (Å²) in [5.74, 6) is 0.588. The minimum Gasteiger partial charge on any atom is -0.497 e. The summed E-state index contributed by atoms with van der Waals surface area (Å²) in [5, 5.41) is 11.3. The van der Waals surface area contributed by atoms with Crippen LogP contribution >= 0.6 is 0 Å². The van der Waals surface area contributed by atoms with Crippen molar-refractivity contribution in [2.75, 3.05) is 57.9 Å². The Morgan fingerprint density at radius 2 is 1.88 bits per heavy atom. The van der Waals surface area contributed by atoms with Gasteiger partial charge in [-0.1, -0.05) is 0 Å². The molecule has 1 fully saturated rings. The molecule has 34 heavy (non-hydrogen) atoms. The van der Waals surface area contributed by atoms with Crippen molar-refractivity contribution in [2.45, 2.75) is 12.8 Å². The first kappa shape index (κ1) is 23.4. The zero-order valence-electron chi connectivity index (χ0n) is 19.0. The number of unbranched alkanes of at least 4 members (excludes halogenated alkanes) is 1. The molecule has 0 atom stereocenters. The summed E-state index contributed by atoms with van der Waals surface area (Å²) in [4.78, 5) is 46.0. The number of fused-ring (bicyclic) bond motifs is 1. The number of nitro groups is 1. The highest BCUT2D eigenvalue weighted by molar-refractivity contribution is 6.07. The van der Waals surface area contributed by atoms with Crippen LogP contribution in [0.15, 0.2) is 36.5 Å². The summed E-state index contributed by atoms with van der Waals surface area (Å²) in [6, 6.07) is 7.97. The van der Waals surface area contributed by atoms with E-state index in [0.717, 1.165) is 26.1 Å². The number of nitrogens with zero attached hydrogens (tertiary/aromatic N) is 5. The van der Waals surface area contributed by atoms with Crippen LogP contribution in [-0.2, 0) is 4.79 Å². The third kappa shape index (κ3) is 5.09. The Morgan fingerprint density at radius 3 is 2.62 bits per heavy atom. The lowest BCUT2D eigenvalue weighted by Gasteiger charge is -2.35. The van der Waals surface area contributed by atoms with E-state index in [1.54, 1.807) is 30.5 Å². The molecular formula is C23H27N5O6. The first-order valence-corrected chi connectivity index (χ1v) is 11.2. The number of ether oxygens (including phenoxy) is 2. The van der Waals surface area contributed by atoms with Gasteiger partial charge < -0.3 is 14.4 Å². The zero-order valence-corrected chi connectivity index (χ0v) is 19.0. The topological polar surface area (TPSA) is 118 Å². The van der Waals surface area contributed by atoms with Crippen molar-refractivity contribution in [3.63, 3.8) is 0 Å². The van der Waals surface area contributed by atoms with Gasteiger partial charge in [0.2, 0.25) is 5.82 Å². The van der Waals surface area contributed by atoms with Gasteiger partial charge in [0.1, 0.15) is 11.5 Å². The van der Waals surface area contributed by atoms with E-state index < -0.39 is 4.92 Å². The molecule has 4 rings (SSSR count). The number of pyridine rings is 1. The zero-order chi connectivity index (χ0) is 24.1. The van der Waals surface area contributed by atoms with Crippen LogP contribution in [0.4, 0.5) is 11.5 Å². The second-order valence-corrected chi connectivity index (χ2v) is 8.14. The number of amides is 2. The molecule has 0 bridgehead atoms.